The summed E-state index contributed by atoms with van der Waals surface area (Å²) in [5.74, 6) is 0.500. The minimum absolute atomic E-state index is 0.0826. The van der Waals surface area contributed by atoms with Crippen LogP contribution in [0.1, 0.15) is 30.1 Å². The summed E-state index contributed by atoms with van der Waals surface area (Å²) < 4.78 is 6.86. The van der Waals surface area contributed by atoms with Crippen LogP contribution in [0.3, 0.4) is 0 Å². The molecule has 0 aromatic heterocycles. The molecule has 0 saturated carbocycles. The largest absolute Gasteiger partial charge is 0.494 e. The summed E-state index contributed by atoms with van der Waals surface area (Å²) in [6.45, 7) is 2.75. The molecule has 0 bridgehead atoms. The van der Waals surface area contributed by atoms with E-state index >= 15 is 0 Å². The predicted octanol–water partition coefficient (Wildman–Crippen LogP) is 2.22. The number of amidine groups is 2. The van der Waals surface area contributed by atoms with E-state index in [1.165, 1.54) is 18.7 Å². The third-order valence-electron chi connectivity index (χ3n) is 4.29. The van der Waals surface area contributed by atoms with Crippen LogP contribution in [0, 0.1) is 0 Å². The van der Waals surface area contributed by atoms with Gasteiger partial charge in [0.1, 0.15) is 5.75 Å². The SMILES string of the molecule is CCCCOc1ccc(C(=O)CSC2=NC3=[N+](C)C(=O)N(C)C(=O)C3=N2)cc1. The highest BCUT2D eigenvalue weighted by atomic mass is 32.2. The van der Waals surface area contributed by atoms with Crippen LogP contribution in [0.2, 0.25) is 0 Å². The van der Waals surface area contributed by atoms with Gasteiger partial charge in [0.05, 0.1) is 26.5 Å². The first kappa shape index (κ1) is 19.9. The standard InChI is InChI=1S/C19H21N4O4S/c1-4-5-10-27-13-8-6-12(7-9-13)14(24)11-28-18-20-15-16(21-18)22(2)19(26)23(3)17(15)25/h6-9H,4-5,10-11H2,1-3H3/q+1. The number of unbranched alkanes of at least 4 members (excludes halogenated alkanes) is 1. The lowest BCUT2D eigenvalue weighted by molar-refractivity contribution is -0.401. The van der Waals surface area contributed by atoms with E-state index in [1.54, 1.807) is 24.3 Å². The molecule has 0 N–H and O–H groups in total. The van der Waals surface area contributed by atoms with Gasteiger partial charge >= 0.3 is 17.8 Å². The van der Waals surface area contributed by atoms with Gasteiger partial charge < -0.3 is 4.74 Å². The minimum Gasteiger partial charge on any atom is -0.494 e. The van der Waals surface area contributed by atoms with E-state index in [0.29, 0.717) is 17.3 Å². The first-order valence-corrected chi connectivity index (χ1v) is 9.90. The predicted molar refractivity (Wildman–Crippen MR) is 108 cm³/mol. The maximum absolute atomic E-state index is 12.4. The van der Waals surface area contributed by atoms with Crippen molar-refractivity contribution in [2.45, 2.75) is 19.8 Å². The molecule has 1 aromatic carbocycles. The first-order valence-electron chi connectivity index (χ1n) is 8.91. The van der Waals surface area contributed by atoms with E-state index in [9.17, 15) is 14.4 Å². The number of hydrogen-bond donors (Lipinski definition) is 0. The number of carbonyl (C=O) groups is 3. The highest BCUT2D eigenvalue weighted by Crippen LogP contribution is 2.19. The molecular formula is C19H21N4O4S+. The van der Waals surface area contributed by atoms with Crippen molar-refractivity contribution in [2.75, 3.05) is 26.5 Å². The molecule has 0 aliphatic carbocycles. The van der Waals surface area contributed by atoms with Crippen LogP contribution >= 0.6 is 11.8 Å². The fourth-order valence-corrected chi connectivity index (χ4v) is 3.34. The van der Waals surface area contributed by atoms with Crippen LogP contribution in [0.15, 0.2) is 34.3 Å². The number of amides is 3. The summed E-state index contributed by atoms with van der Waals surface area (Å²) in [6.07, 6.45) is 2.05. The molecule has 2 aliphatic heterocycles. The summed E-state index contributed by atoms with van der Waals surface area (Å²) in [7, 11) is 2.92. The Hall–Kier alpha value is -2.81. The Labute approximate surface area is 167 Å². The van der Waals surface area contributed by atoms with Crippen molar-refractivity contribution in [3.05, 3.63) is 29.8 Å². The number of Topliss-reactive ketones (excluding diaryl/α,β-unsaturated/α-hetero) is 1. The van der Waals surface area contributed by atoms with Gasteiger partial charge in [0.2, 0.25) is 5.71 Å². The first-order chi connectivity index (χ1) is 13.4. The van der Waals surface area contributed by atoms with E-state index in [0.717, 1.165) is 35.3 Å². The lowest BCUT2D eigenvalue weighted by Crippen LogP contribution is -2.51. The average Bonchev–Trinajstić information content (AvgIpc) is 3.14. The van der Waals surface area contributed by atoms with Crippen LogP contribution in [0.4, 0.5) is 4.79 Å². The van der Waals surface area contributed by atoms with Gasteiger partial charge in [-0.15, -0.1) is 0 Å². The Morgan fingerprint density at radius 3 is 2.61 bits per heavy atom. The molecular weight excluding hydrogens is 380 g/mol. The number of fused-ring (bicyclic) bond motifs is 1. The number of ketones is 1. The topological polar surface area (TPSA) is 91.4 Å². The molecule has 2 heterocycles. The summed E-state index contributed by atoms with van der Waals surface area (Å²) in [4.78, 5) is 45.9. The van der Waals surface area contributed by atoms with E-state index in [1.807, 2.05) is 0 Å². The molecule has 146 valence electrons. The van der Waals surface area contributed by atoms with Gasteiger partial charge in [-0.2, -0.15) is 14.5 Å². The fourth-order valence-electron chi connectivity index (χ4n) is 2.60. The Morgan fingerprint density at radius 1 is 1.21 bits per heavy atom. The summed E-state index contributed by atoms with van der Waals surface area (Å²) in [6, 6.07) is 6.55. The third kappa shape index (κ3) is 4.04. The molecule has 28 heavy (non-hydrogen) atoms. The lowest BCUT2D eigenvalue weighted by Gasteiger charge is -2.15. The molecule has 1 aromatic rings. The van der Waals surface area contributed by atoms with Crippen molar-refractivity contribution in [1.82, 2.24) is 4.90 Å². The summed E-state index contributed by atoms with van der Waals surface area (Å²) in [5.41, 5.74) is 0.683. The van der Waals surface area contributed by atoms with E-state index < -0.39 is 11.9 Å². The molecule has 9 heteroatoms. The van der Waals surface area contributed by atoms with Crippen LogP contribution in [-0.4, -0.2) is 70.4 Å². The molecule has 3 rings (SSSR count). The van der Waals surface area contributed by atoms with Crippen LogP contribution in [-0.2, 0) is 4.79 Å². The molecule has 0 unspecified atom stereocenters. The van der Waals surface area contributed by atoms with Crippen molar-refractivity contribution in [2.24, 2.45) is 9.98 Å². The number of benzene rings is 1. The zero-order chi connectivity index (χ0) is 20.3. The number of imide groups is 1. The smallest absolute Gasteiger partial charge is 0.446 e. The monoisotopic (exact) mass is 401 g/mol. The number of hydrogen-bond acceptors (Lipinski definition) is 7. The van der Waals surface area contributed by atoms with E-state index in [4.69, 9.17) is 4.74 Å². The summed E-state index contributed by atoms with van der Waals surface area (Å²) in [5, 5.41) is 0.293. The van der Waals surface area contributed by atoms with Crippen LogP contribution < -0.4 is 4.74 Å². The number of urea groups is 1. The Morgan fingerprint density at radius 2 is 1.93 bits per heavy atom. The number of nitrogens with zero attached hydrogens (tertiary/aromatic N) is 4. The van der Waals surface area contributed by atoms with Crippen molar-refractivity contribution in [3.63, 3.8) is 0 Å². The molecule has 0 spiro atoms. The number of carbonyl (C=O) groups excluding carboxylic acids is 3. The Balaban J connectivity index is 1.62. The van der Waals surface area contributed by atoms with E-state index in [-0.39, 0.29) is 23.1 Å². The second-order valence-electron chi connectivity index (χ2n) is 6.32. The quantitative estimate of drug-likeness (QED) is 0.397. The number of ether oxygens (including phenoxy) is 1. The number of aliphatic imine (C=N–C) groups is 2. The second-order valence-corrected chi connectivity index (χ2v) is 7.26. The van der Waals surface area contributed by atoms with Crippen molar-refractivity contribution in [3.8, 4) is 5.75 Å². The maximum atomic E-state index is 12.4. The zero-order valence-corrected chi connectivity index (χ0v) is 16.8. The van der Waals surface area contributed by atoms with Crippen molar-refractivity contribution < 1.29 is 23.7 Å². The van der Waals surface area contributed by atoms with Gasteiger partial charge in [-0.05, 0) is 30.7 Å². The molecule has 0 radical (unpaired) electrons. The van der Waals surface area contributed by atoms with E-state index in [2.05, 4.69) is 16.9 Å². The van der Waals surface area contributed by atoms with Gasteiger partial charge in [-0.1, -0.05) is 30.1 Å². The Bertz CT molecular complexity index is 918. The number of rotatable bonds is 7. The molecule has 0 saturated heterocycles. The molecule has 3 amide bonds. The van der Waals surface area contributed by atoms with Crippen molar-refractivity contribution >= 4 is 46.2 Å². The molecule has 2 aliphatic rings. The van der Waals surface area contributed by atoms with Gasteiger partial charge in [-0.3, -0.25) is 4.79 Å². The Kier molecular flexibility index (Phi) is 6.03. The zero-order valence-electron chi connectivity index (χ0n) is 16.0. The fraction of sp³-hybridized carbons (Fsp3) is 0.368. The third-order valence-corrected chi connectivity index (χ3v) is 5.14. The van der Waals surface area contributed by atoms with Crippen LogP contribution in [0.25, 0.3) is 0 Å². The van der Waals surface area contributed by atoms with Gasteiger partial charge in [0, 0.05) is 5.56 Å². The van der Waals surface area contributed by atoms with Crippen molar-refractivity contribution in [1.29, 1.82) is 0 Å². The number of thioether (sulfide) groups is 1. The van der Waals surface area contributed by atoms with Crippen LogP contribution in [0.5, 0.6) is 5.75 Å². The second kappa shape index (κ2) is 8.47. The van der Waals surface area contributed by atoms with Gasteiger partial charge in [0.25, 0.3) is 5.17 Å². The van der Waals surface area contributed by atoms with Gasteiger partial charge in [-0.25, -0.2) is 9.59 Å². The molecule has 0 atom stereocenters. The lowest BCUT2D eigenvalue weighted by atomic mass is 10.1. The normalized spacial score (nSPS) is 16.2. The summed E-state index contributed by atoms with van der Waals surface area (Å²) >= 11 is 1.13. The van der Waals surface area contributed by atoms with Gasteiger partial charge in [0.15, 0.2) is 5.78 Å². The molecule has 8 nitrogen and oxygen atoms in total. The molecule has 0 fully saturated rings. The maximum Gasteiger partial charge on any atom is 0.446 e. The minimum atomic E-state index is -0.498. The highest BCUT2D eigenvalue weighted by molar-refractivity contribution is 8.14. The average molecular weight is 401 g/mol. The highest BCUT2D eigenvalue weighted by Gasteiger charge is 2.44.